The first kappa shape index (κ1) is 21.6. The van der Waals surface area contributed by atoms with Crippen molar-refractivity contribution in [2.24, 2.45) is 5.10 Å². The number of nitrogens with zero attached hydrogens (tertiary/aromatic N) is 1. The zero-order valence-corrected chi connectivity index (χ0v) is 16.1. The van der Waals surface area contributed by atoms with Gasteiger partial charge in [-0.2, -0.15) is 5.10 Å². The number of carbonyl (C=O) groups excluding carboxylic acids is 2. The topological polar surface area (TPSA) is 117 Å². The molecule has 0 unspecified atom stereocenters. The lowest BCUT2D eigenvalue weighted by Gasteiger charge is -2.08. The molecule has 0 fully saturated rings. The molecule has 0 atom stereocenters. The first-order valence-corrected chi connectivity index (χ1v) is 9.03. The largest absolute Gasteiger partial charge is 0.484 e. The molecule has 2 aromatic carbocycles. The van der Waals surface area contributed by atoms with Gasteiger partial charge in [0.05, 0.1) is 18.7 Å². The molecule has 0 aromatic heterocycles. The van der Waals surface area contributed by atoms with E-state index in [4.69, 9.17) is 9.84 Å². The van der Waals surface area contributed by atoms with Gasteiger partial charge in [-0.05, 0) is 30.2 Å². The van der Waals surface area contributed by atoms with Gasteiger partial charge in [0, 0.05) is 6.42 Å². The van der Waals surface area contributed by atoms with E-state index in [1.807, 2.05) is 25.1 Å². The standard InChI is InChI=1S/C21H23N3O5/c1-15-6-5-9-17(12-15)29-14-20(26)22-13-19(25)24-23-18(10-11-21(27)28)16-7-3-2-4-8-16/h2-9,12H,10-11,13-14H2,1H3,(H,22,26)(H,24,25)(H,27,28). The van der Waals surface area contributed by atoms with Crippen molar-refractivity contribution in [3.05, 3.63) is 65.7 Å². The van der Waals surface area contributed by atoms with E-state index in [0.717, 1.165) is 5.56 Å². The summed E-state index contributed by atoms with van der Waals surface area (Å²) in [4.78, 5) is 34.6. The van der Waals surface area contributed by atoms with Crippen molar-refractivity contribution >= 4 is 23.5 Å². The summed E-state index contributed by atoms with van der Waals surface area (Å²) < 4.78 is 5.36. The Kier molecular flexibility index (Phi) is 8.37. The molecule has 0 radical (unpaired) electrons. The lowest BCUT2D eigenvalue weighted by Crippen LogP contribution is -2.37. The Morgan fingerprint density at radius 3 is 2.45 bits per heavy atom. The van der Waals surface area contributed by atoms with E-state index in [1.165, 1.54) is 0 Å². The fourth-order valence-corrected chi connectivity index (χ4v) is 2.37. The molecule has 152 valence electrons. The van der Waals surface area contributed by atoms with E-state index >= 15 is 0 Å². The first-order valence-electron chi connectivity index (χ1n) is 9.03. The molecule has 8 heteroatoms. The van der Waals surface area contributed by atoms with E-state index in [2.05, 4.69) is 15.8 Å². The van der Waals surface area contributed by atoms with Gasteiger partial charge >= 0.3 is 5.97 Å². The predicted molar refractivity (Wildman–Crippen MR) is 108 cm³/mol. The lowest BCUT2D eigenvalue weighted by molar-refractivity contribution is -0.136. The highest BCUT2D eigenvalue weighted by Crippen LogP contribution is 2.11. The van der Waals surface area contributed by atoms with Gasteiger partial charge in [-0.3, -0.25) is 14.4 Å². The number of hydrogen-bond acceptors (Lipinski definition) is 5. The van der Waals surface area contributed by atoms with Crippen molar-refractivity contribution in [3.8, 4) is 5.75 Å². The SMILES string of the molecule is Cc1cccc(OCC(=O)NCC(=O)NN=C(CCC(=O)O)c2ccccc2)c1. The van der Waals surface area contributed by atoms with Crippen LogP contribution < -0.4 is 15.5 Å². The molecule has 0 saturated heterocycles. The van der Waals surface area contributed by atoms with Crippen molar-refractivity contribution in [1.29, 1.82) is 0 Å². The van der Waals surface area contributed by atoms with Crippen LogP contribution in [0, 0.1) is 6.92 Å². The third-order valence-electron chi connectivity index (χ3n) is 3.80. The number of carboxylic acids is 1. The molecule has 8 nitrogen and oxygen atoms in total. The summed E-state index contributed by atoms with van der Waals surface area (Å²) in [6, 6.07) is 16.2. The fraction of sp³-hybridized carbons (Fsp3) is 0.238. The Morgan fingerprint density at radius 2 is 1.76 bits per heavy atom. The van der Waals surface area contributed by atoms with E-state index in [-0.39, 0.29) is 26.0 Å². The normalized spacial score (nSPS) is 10.9. The summed E-state index contributed by atoms with van der Waals surface area (Å²) in [6.45, 7) is 1.42. The Bertz CT molecular complexity index is 881. The number of rotatable bonds is 10. The average Bonchev–Trinajstić information content (AvgIpc) is 2.71. The van der Waals surface area contributed by atoms with Crippen LogP contribution in [0.5, 0.6) is 5.75 Å². The van der Waals surface area contributed by atoms with E-state index in [0.29, 0.717) is 17.0 Å². The Morgan fingerprint density at radius 1 is 1.00 bits per heavy atom. The maximum absolute atomic E-state index is 12.0. The summed E-state index contributed by atoms with van der Waals surface area (Å²) in [5.41, 5.74) is 4.51. The molecule has 2 aromatic rings. The van der Waals surface area contributed by atoms with Gasteiger partial charge in [-0.25, -0.2) is 5.43 Å². The number of nitrogens with one attached hydrogen (secondary N) is 2. The highest BCUT2D eigenvalue weighted by Gasteiger charge is 2.09. The number of amides is 2. The molecule has 2 amide bonds. The summed E-state index contributed by atoms with van der Waals surface area (Å²) in [5, 5.41) is 15.3. The minimum absolute atomic E-state index is 0.114. The number of benzene rings is 2. The number of hydrazone groups is 1. The minimum atomic E-state index is -0.958. The second-order valence-electron chi connectivity index (χ2n) is 6.24. The van der Waals surface area contributed by atoms with Crippen LogP contribution in [0.2, 0.25) is 0 Å². The summed E-state index contributed by atoms with van der Waals surface area (Å²) in [5.74, 6) is -1.36. The zero-order valence-electron chi connectivity index (χ0n) is 16.1. The van der Waals surface area contributed by atoms with Crippen LogP contribution in [0.25, 0.3) is 0 Å². The van der Waals surface area contributed by atoms with Crippen molar-refractivity contribution in [3.63, 3.8) is 0 Å². The molecular weight excluding hydrogens is 374 g/mol. The van der Waals surface area contributed by atoms with Crippen molar-refractivity contribution < 1.29 is 24.2 Å². The van der Waals surface area contributed by atoms with Crippen molar-refractivity contribution in [2.75, 3.05) is 13.2 Å². The van der Waals surface area contributed by atoms with Crippen LogP contribution in [0.15, 0.2) is 59.7 Å². The molecule has 0 spiro atoms. The van der Waals surface area contributed by atoms with E-state index in [1.54, 1.807) is 36.4 Å². The monoisotopic (exact) mass is 397 g/mol. The van der Waals surface area contributed by atoms with E-state index < -0.39 is 17.8 Å². The third kappa shape index (κ3) is 8.25. The number of hydrogen-bond donors (Lipinski definition) is 3. The summed E-state index contributed by atoms with van der Waals surface area (Å²) in [6.07, 6.45) is 0.0486. The molecule has 29 heavy (non-hydrogen) atoms. The second kappa shape index (κ2) is 11.2. The van der Waals surface area contributed by atoms with Crippen LogP contribution >= 0.6 is 0 Å². The van der Waals surface area contributed by atoms with Crippen molar-refractivity contribution in [1.82, 2.24) is 10.7 Å². The second-order valence-corrected chi connectivity index (χ2v) is 6.24. The molecule has 0 aliphatic rings. The minimum Gasteiger partial charge on any atom is -0.484 e. The molecule has 0 aliphatic heterocycles. The van der Waals surface area contributed by atoms with Crippen LogP contribution in [0.3, 0.4) is 0 Å². The van der Waals surface area contributed by atoms with Gasteiger partial charge in [0.15, 0.2) is 6.61 Å². The first-order chi connectivity index (χ1) is 13.9. The van der Waals surface area contributed by atoms with Gasteiger partial charge in [0.2, 0.25) is 0 Å². The number of carbonyl (C=O) groups is 3. The van der Waals surface area contributed by atoms with Crippen LogP contribution in [0.1, 0.15) is 24.0 Å². The smallest absolute Gasteiger partial charge is 0.303 e. The summed E-state index contributed by atoms with van der Waals surface area (Å²) in [7, 11) is 0. The van der Waals surface area contributed by atoms with Crippen LogP contribution in [-0.4, -0.2) is 41.8 Å². The van der Waals surface area contributed by atoms with Gasteiger partial charge < -0.3 is 15.2 Å². The van der Waals surface area contributed by atoms with Gasteiger partial charge in [0.25, 0.3) is 11.8 Å². The van der Waals surface area contributed by atoms with Gasteiger partial charge in [-0.1, -0.05) is 42.5 Å². The molecule has 0 heterocycles. The molecule has 0 bridgehead atoms. The number of ether oxygens (including phenoxy) is 1. The van der Waals surface area contributed by atoms with Crippen molar-refractivity contribution in [2.45, 2.75) is 19.8 Å². The lowest BCUT2D eigenvalue weighted by atomic mass is 10.1. The number of aryl methyl sites for hydroxylation is 1. The van der Waals surface area contributed by atoms with Gasteiger partial charge in [-0.15, -0.1) is 0 Å². The van der Waals surface area contributed by atoms with Crippen LogP contribution in [-0.2, 0) is 14.4 Å². The third-order valence-corrected chi connectivity index (χ3v) is 3.80. The van der Waals surface area contributed by atoms with E-state index in [9.17, 15) is 14.4 Å². The predicted octanol–water partition coefficient (Wildman–Crippen LogP) is 1.88. The molecular formula is C21H23N3O5. The zero-order chi connectivity index (χ0) is 21.1. The highest BCUT2D eigenvalue weighted by atomic mass is 16.5. The maximum atomic E-state index is 12.0. The van der Waals surface area contributed by atoms with Gasteiger partial charge in [0.1, 0.15) is 5.75 Å². The Labute approximate surface area is 168 Å². The fourth-order valence-electron chi connectivity index (χ4n) is 2.37. The quantitative estimate of drug-likeness (QED) is 0.418. The number of aliphatic carboxylic acids is 1. The highest BCUT2D eigenvalue weighted by molar-refractivity contribution is 6.02. The maximum Gasteiger partial charge on any atom is 0.303 e. The average molecular weight is 397 g/mol. The molecule has 0 aliphatic carbocycles. The summed E-state index contributed by atoms with van der Waals surface area (Å²) >= 11 is 0. The Hall–Kier alpha value is -3.68. The van der Waals surface area contributed by atoms with Crippen LogP contribution in [0.4, 0.5) is 0 Å². The molecule has 0 saturated carbocycles. The Balaban J connectivity index is 1.82. The number of carboxylic acid groups (broad SMARTS) is 1. The molecule has 3 N–H and O–H groups in total. The molecule has 2 rings (SSSR count).